The lowest BCUT2D eigenvalue weighted by Crippen LogP contribution is -2.53. The summed E-state index contributed by atoms with van der Waals surface area (Å²) in [5.74, 6) is 1.03. The number of piperazine rings is 1. The second-order valence-corrected chi connectivity index (χ2v) is 6.67. The molecule has 1 aromatic carbocycles. The zero-order chi connectivity index (χ0) is 18.1. The highest BCUT2D eigenvalue weighted by molar-refractivity contribution is 14.0. The number of halogens is 1. The van der Waals surface area contributed by atoms with Gasteiger partial charge < -0.3 is 15.5 Å². The second-order valence-electron chi connectivity index (χ2n) is 6.67. The first-order valence-corrected chi connectivity index (χ1v) is 9.09. The minimum absolute atomic E-state index is 0. The smallest absolute Gasteiger partial charge is 0.222 e. The van der Waals surface area contributed by atoms with Crippen molar-refractivity contribution < 1.29 is 4.79 Å². The molecule has 1 amide bonds. The molecule has 0 aromatic heterocycles. The van der Waals surface area contributed by atoms with Crippen LogP contribution in [-0.2, 0) is 11.3 Å². The van der Waals surface area contributed by atoms with Gasteiger partial charge in [-0.2, -0.15) is 0 Å². The molecule has 0 atom stereocenters. The molecule has 1 aliphatic heterocycles. The maximum absolute atomic E-state index is 11.6. The number of amides is 1. The molecule has 7 heteroatoms. The van der Waals surface area contributed by atoms with Gasteiger partial charge in [-0.05, 0) is 5.56 Å². The van der Waals surface area contributed by atoms with Gasteiger partial charge in [-0.3, -0.25) is 14.7 Å². The monoisotopic (exact) mass is 473 g/mol. The van der Waals surface area contributed by atoms with Crippen molar-refractivity contribution in [1.29, 1.82) is 0 Å². The fourth-order valence-electron chi connectivity index (χ4n) is 2.86. The van der Waals surface area contributed by atoms with Gasteiger partial charge in [0.05, 0.1) is 0 Å². The maximum Gasteiger partial charge on any atom is 0.222 e. The van der Waals surface area contributed by atoms with E-state index in [0.29, 0.717) is 13.1 Å². The Balaban J connectivity index is 0.00000338. The van der Waals surface area contributed by atoms with E-state index in [0.717, 1.165) is 38.7 Å². The van der Waals surface area contributed by atoms with Crippen LogP contribution in [0.25, 0.3) is 0 Å². The Labute approximate surface area is 174 Å². The van der Waals surface area contributed by atoms with E-state index in [1.807, 2.05) is 20.9 Å². The largest absolute Gasteiger partial charge is 0.354 e. The summed E-state index contributed by atoms with van der Waals surface area (Å²) >= 11 is 0. The van der Waals surface area contributed by atoms with E-state index >= 15 is 0 Å². The molecule has 0 bridgehead atoms. The van der Waals surface area contributed by atoms with Crippen LogP contribution < -0.4 is 10.6 Å². The number of rotatable bonds is 6. The predicted octanol–water partition coefficient (Wildman–Crippen LogP) is 1.77. The number of hydrogen-bond acceptors (Lipinski definition) is 3. The number of guanidine groups is 1. The quantitative estimate of drug-likeness (QED) is 0.286. The fraction of sp³-hybridized carbons (Fsp3) is 0.579. The highest BCUT2D eigenvalue weighted by Crippen LogP contribution is 2.08. The molecule has 0 radical (unpaired) electrons. The molecule has 0 unspecified atom stereocenters. The Bertz CT molecular complexity index is 556. The van der Waals surface area contributed by atoms with Gasteiger partial charge in [0.2, 0.25) is 5.91 Å². The molecule has 146 valence electrons. The van der Waals surface area contributed by atoms with Crippen LogP contribution in [-0.4, -0.2) is 68.0 Å². The number of hydrogen-bond donors (Lipinski definition) is 2. The van der Waals surface area contributed by atoms with E-state index < -0.39 is 0 Å². The number of nitrogens with one attached hydrogen (secondary N) is 2. The van der Waals surface area contributed by atoms with E-state index in [9.17, 15) is 4.79 Å². The SMILES string of the molecule is CN=C(NCCNC(=O)C(C)C)N1CCN(Cc2ccccc2)CC1.I. The minimum Gasteiger partial charge on any atom is -0.354 e. The minimum atomic E-state index is 0. The number of nitrogens with zero attached hydrogens (tertiary/aromatic N) is 3. The van der Waals surface area contributed by atoms with Crippen LogP contribution in [0, 0.1) is 5.92 Å². The molecule has 1 aromatic rings. The summed E-state index contributed by atoms with van der Waals surface area (Å²) in [4.78, 5) is 20.7. The molecule has 1 fully saturated rings. The van der Waals surface area contributed by atoms with E-state index in [1.165, 1.54) is 5.56 Å². The Morgan fingerprint density at radius 1 is 1.08 bits per heavy atom. The van der Waals surface area contributed by atoms with E-state index in [-0.39, 0.29) is 35.8 Å². The van der Waals surface area contributed by atoms with Crippen LogP contribution in [0.5, 0.6) is 0 Å². The second kappa shape index (κ2) is 12.1. The van der Waals surface area contributed by atoms with Crippen LogP contribution in [0.1, 0.15) is 19.4 Å². The van der Waals surface area contributed by atoms with Crippen LogP contribution in [0.2, 0.25) is 0 Å². The van der Waals surface area contributed by atoms with Gasteiger partial charge in [0.25, 0.3) is 0 Å². The van der Waals surface area contributed by atoms with Crippen molar-refractivity contribution >= 4 is 35.8 Å². The first-order chi connectivity index (χ1) is 12.1. The predicted molar refractivity (Wildman–Crippen MR) is 118 cm³/mol. The van der Waals surface area contributed by atoms with Crippen molar-refractivity contribution in [3.8, 4) is 0 Å². The molecule has 2 rings (SSSR count). The Kier molecular flexibility index (Phi) is 10.6. The molecule has 2 N–H and O–H groups in total. The summed E-state index contributed by atoms with van der Waals surface area (Å²) in [6.07, 6.45) is 0. The molecule has 1 saturated heterocycles. The summed E-state index contributed by atoms with van der Waals surface area (Å²) in [6.45, 7) is 10.1. The zero-order valence-corrected chi connectivity index (χ0v) is 18.4. The van der Waals surface area contributed by atoms with Crippen molar-refractivity contribution in [2.24, 2.45) is 10.9 Å². The summed E-state index contributed by atoms with van der Waals surface area (Å²) in [6, 6.07) is 10.6. The first kappa shape index (κ1) is 22.7. The average Bonchev–Trinajstić information content (AvgIpc) is 2.63. The van der Waals surface area contributed by atoms with Crippen molar-refractivity contribution in [3.63, 3.8) is 0 Å². The molecule has 0 aliphatic carbocycles. The molecular formula is C19H32IN5O. The van der Waals surface area contributed by atoms with Crippen molar-refractivity contribution in [1.82, 2.24) is 20.4 Å². The summed E-state index contributed by atoms with van der Waals surface area (Å²) < 4.78 is 0. The molecular weight excluding hydrogens is 441 g/mol. The maximum atomic E-state index is 11.6. The number of aliphatic imine (C=N–C) groups is 1. The standard InChI is InChI=1S/C19H31N5O.HI/c1-16(2)18(25)21-9-10-22-19(20-3)24-13-11-23(12-14-24)15-17-7-5-4-6-8-17;/h4-8,16H,9-15H2,1-3H3,(H,20,22)(H,21,25);1H. The number of benzene rings is 1. The van der Waals surface area contributed by atoms with Crippen molar-refractivity contribution in [2.75, 3.05) is 46.3 Å². The van der Waals surface area contributed by atoms with Gasteiger partial charge in [0.1, 0.15) is 0 Å². The lowest BCUT2D eigenvalue weighted by molar-refractivity contribution is -0.123. The molecule has 1 heterocycles. The Morgan fingerprint density at radius 2 is 1.69 bits per heavy atom. The molecule has 26 heavy (non-hydrogen) atoms. The third-order valence-electron chi connectivity index (χ3n) is 4.36. The van der Waals surface area contributed by atoms with Gasteiger partial charge in [0, 0.05) is 58.8 Å². The van der Waals surface area contributed by atoms with Crippen LogP contribution >= 0.6 is 24.0 Å². The lowest BCUT2D eigenvalue weighted by Gasteiger charge is -2.36. The van der Waals surface area contributed by atoms with Gasteiger partial charge in [0.15, 0.2) is 5.96 Å². The molecule has 0 saturated carbocycles. The van der Waals surface area contributed by atoms with E-state index in [1.54, 1.807) is 0 Å². The first-order valence-electron chi connectivity index (χ1n) is 9.09. The van der Waals surface area contributed by atoms with Gasteiger partial charge in [-0.1, -0.05) is 44.2 Å². The third kappa shape index (κ3) is 7.49. The number of carbonyl (C=O) groups is 1. The van der Waals surface area contributed by atoms with Gasteiger partial charge >= 0.3 is 0 Å². The van der Waals surface area contributed by atoms with Crippen LogP contribution in [0.4, 0.5) is 0 Å². The number of carbonyl (C=O) groups excluding carboxylic acids is 1. The molecule has 6 nitrogen and oxygen atoms in total. The van der Waals surface area contributed by atoms with Crippen molar-refractivity contribution in [3.05, 3.63) is 35.9 Å². The summed E-state index contributed by atoms with van der Waals surface area (Å²) in [7, 11) is 1.81. The topological polar surface area (TPSA) is 60.0 Å². The van der Waals surface area contributed by atoms with Crippen LogP contribution in [0.3, 0.4) is 0 Å². The normalized spacial score (nSPS) is 15.5. The highest BCUT2D eigenvalue weighted by atomic mass is 127. The highest BCUT2D eigenvalue weighted by Gasteiger charge is 2.19. The average molecular weight is 473 g/mol. The van der Waals surface area contributed by atoms with Crippen molar-refractivity contribution in [2.45, 2.75) is 20.4 Å². The van der Waals surface area contributed by atoms with Gasteiger partial charge in [-0.15, -0.1) is 24.0 Å². The molecule has 0 spiro atoms. The third-order valence-corrected chi connectivity index (χ3v) is 4.36. The van der Waals surface area contributed by atoms with E-state index in [4.69, 9.17) is 0 Å². The van der Waals surface area contributed by atoms with Gasteiger partial charge in [-0.25, -0.2) is 0 Å². The Morgan fingerprint density at radius 3 is 2.27 bits per heavy atom. The van der Waals surface area contributed by atoms with E-state index in [2.05, 4.69) is 55.8 Å². The lowest BCUT2D eigenvalue weighted by atomic mass is 10.2. The fourth-order valence-corrected chi connectivity index (χ4v) is 2.86. The summed E-state index contributed by atoms with van der Waals surface area (Å²) in [5.41, 5.74) is 1.36. The molecule has 1 aliphatic rings. The Hall–Kier alpha value is -1.35. The zero-order valence-electron chi connectivity index (χ0n) is 16.1. The summed E-state index contributed by atoms with van der Waals surface area (Å²) in [5, 5.41) is 6.26. The van der Waals surface area contributed by atoms with Crippen LogP contribution in [0.15, 0.2) is 35.3 Å².